The molecule has 25 heavy (non-hydrogen) atoms. The lowest BCUT2D eigenvalue weighted by molar-refractivity contribution is -0.122. The molecule has 2 aliphatic rings. The summed E-state index contributed by atoms with van der Waals surface area (Å²) in [4.78, 5) is 24.6. The molecule has 1 atom stereocenters. The number of hydrogen-bond acceptors (Lipinski definition) is 5. The molecule has 1 unspecified atom stereocenters. The van der Waals surface area contributed by atoms with Crippen LogP contribution in [-0.2, 0) is 29.0 Å². The van der Waals surface area contributed by atoms with Crippen LogP contribution in [0.25, 0.3) is 0 Å². The molecule has 2 aliphatic heterocycles. The predicted molar refractivity (Wildman–Crippen MR) is 93.4 cm³/mol. The standard InChI is InChI=1S/C17H29N5O3/c1-2-21-15(10-13-5-7-18-8-6-13)20-22(17(21)24)12-16(23)19-11-14-4-3-9-25-14/h13-14,18H,2-12H2,1H3,(H,19,23). The molecule has 0 aromatic carbocycles. The summed E-state index contributed by atoms with van der Waals surface area (Å²) in [6.45, 7) is 5.80. The third-order valence-corrected chi connectivity index (χ3v) is 5.09. The molecule has 3 heterocycles. The first-order chi connectivity index (χ1) is 12.2. The van der Waals surface area contributed by atoms with Crippen LogP contribution >= 0.6 is 0 Å². The second-order valence-electron chi connectivity index (χ2n) is 6.94. The molecule has 2 N–H and O–H groups in total. The quantitative estimate of drug-likeness (QED) is 0.716. The number of carbonyl (C=O) groups is 1. The Hall–Kier alpha value is -1.67. The van der Waals surface area contributed by atoms with Crippen LogP contribution in [0.1, 0.15) is 38.4 Å². The Bertz CT molecular complexity index is 627. The molecule has 0 spiro atoms. The topological polar surface area (TPSA) is 90.2 Å². The maximum Gasteiger partial charge on any atom is 0.346 e. The average Bonchev–Trinajstić information content (AvgIpc) is 3.23. The smallest absolute Gasteiger partial charge is 0.346 e. The van der Waals surface area contributed by atoms with Gasteiger partial charge in [0.25, 0.3) is 0 Å². The molecule has 0 bridgehead atoms. The van der Waals surface area contributed by atoms with Gasteiger partial charge in [-0.3, -0.25) is 9.36 Å². The second kappa shape index (κ2) is 8.62. The summed E-state index contributed by atoms with van der Waals surface area (Å²) in [5, 5.41) is 10.6. The van der Waals surface area contributed by atoms with Crippen molar-refractivity contribution in [1.82, 2.24) is 25.0 Å². The van der Waals surface area contributed by atoms with E-state index in [-0.39, 0.29) is 24.2 Å². The minimum absolute atomic E-state index is 0.0300. The minimum Gasteiger partial charge on any atom is -0.376 e. The van der Waals surface area contributed by atoms with Crippen LogP contribution in [0.5, 0.6) is 0 Å². The van der Waals surface area contributed by atoms with Gasteiger partial charge in [0, 0.05) is 26.1 Å². The van der Waals surface area contributed by atoms with E-state index in [2.05, 4.69) is 15.7 Å². The number of aromatic nitrogens is 3. The van der Waals surface area contributed by atoms with E-state index < -0.39 is 0 Å². The fourth-order valence-electron chi connectivity index (χ4n) is 3.63. The van der Waals surface area contributed by atoms with Gasteiger partial charge in [-0.05, 0) is 51.6 Å². The van der Waals surface area contributed by atoms with Crippen LogP contribution in [-0.4, -0.2) is 52.6 Å². The van der Waals surface area contributed by atoms with Gasteiger partial charge in [0.05, 0.1) is 6.10 Å². The Kier molecular flexibility index (Phi) is 6.25. The number of nitrogens with one attached hydrogen (secondary N) is 2. The second-order valence-corrected chi connectivity index (χ2v) is 6.94. The normalized spacial score (nSPS) is 21.6. The van der Waals surface area contributed by atoms with E-state index in [1.807, 2.05) is 6.92 Å². The van der Waals surface area contributed by atoms with Crippen LogP contribution in [0.3, 0.4) is 0 Å². The summed E-state index contributed by atoms with van der Waals surface area (Å²) in [7, 11) is 0. The van der Waals surface area contributed by atoms with E-state index >= 15 is 0 Å². The van der Waals surface area contributed by atoms with Crippen molar-refractivity contribution in [3.05, 3.63) is 16.3 Å². The molecule has 8 nitrogen and oxygen atoms in total. The number of nitrogens with zero attached hydrogens (tertiary/aromatic N) is 3. The van der Waals surface area contributed by atoms with Crippen LogP contribution in [0, 0.1) is 5.92 Å². The molecule has 0 radical (unpaired) electrons. The summed E-state index contributed by atoms with van der Waals surface area (Å²) in [5.74, 6) is 1.16. The number of carbonyl (C=O) groups excluding carboxylic acids is 1. The lowest BCUT2D eigenvalue weighted by Gasteiger charge is -2.21. The Morgan fingerprint density at radius 2 is 2.16 bits per heavy atom. The zero-order chi connectivity index (χ0) is 17.6. The number of hydrogen-bond donors (Lipinski definition) is 2. The molecule has 2 fully saturated rings. The minimum atomic E-state index is -0.196. The van der Waals surface area contributed by atoms with Gasteiger partial charge in [-0.1, -0.05) is 0 Å². The Balaban J connectivity index is 1.60. The van der Waals surface area contributed by atoms with Crippen molar-refractivity contribution in [2.24, 2.45) is 5.92 Å². The SMILES string of the molecule is CCn1c(CC2CCNCC2)nn(CC(=O)NCC2CCCO2)c1=O. The molecule has 2 saturated heterocycles. The van der Waals surface area contributed by atoms with Crippen molar-refractivity contribution in [3.63, 3.8) is 0 Å². The third-order valence-electron chi connectivity index (χ3n) is 5.09. The summed E-state index contributed by atoms with van der Waals surface area (Å²) in [6.07, 6.45) is 5.13. The molecule has 0 aliphatic carbocycles. The summed E-state index contributed by atoms with van der Waals surface area (Å²) in [6, 6.07) is 0. The number of ether oxygens (including phenoxy) is 1. The maximum atomic E-state index is 12.5. The van der Waals surface area contributed by atoms with Gasteiger partial charge in [-0.2, -0.15) is 5.10 Å². The largest absolute Gasteiger partial charge is 0.376 e. The predicted octanol–water partition coefficient (Wildman–Crippen LogP) is -0.0980. The van der Waals surface area contributed by atoms with Crippen molar-refractivity contribution in [2.45, 2.75) is 58.2 Å². The van der Waals surface area contributed by atoms with Crippen molar-refractivity contribution < 1.29 is 9.53 Å². The molecule has 1 amide bonds. The summed E-state index contributed by atoms with van der Waals surface area (Å²) < 4.78 is 8.48. The van der Waals surface area contributed by atoms with Gasteiger partial charge in [-0.15, -0.1) is 0 Å². The van der Waals surface area contributed by atoms with Crippen molar-refractivity contribution >= 4 is 5.91 Å². The number of amides is 1. The van der Waals surface area contributed by atoms with E-state index in [4.69, 9.17) is 4.74 Å². The Labute approximate surface area is 147 Å². The highest BCUT2D eigenvalue weighted by molar-refractivity contribution is 5.75. The Morgan fingerprint density at radius 1 is 1.36 bits per heavy atom. The maximum absolute atomic E-state index is 12.5. The fraction of sp³-hybridized carbons (Fsp3) is 0.824. The highest BCUT2D eigenvalue weighted by atomic mass is 16.5. The highest BCUT2D eigenvalue weighted by Crippen LogP contribution is 2.16. The van der Waals surface area contributed by atoms with E-state index in [0.717, 1.165) is 57.6 Å². The van der Waals surface area contributed by atoms with Crippen molar-refractivity contribution in [3.8, 4) is 0 Å². The first-order valence-electron chi connectivity index (χ1n) is 9.43. The number of piperidine rings is 1. The number of rotatable bonds is 7. The summed E-state index contributed by atoms with van der Waals surface area (Å²) >= 11 is 0. The van der Waals surface area contributed by atoms with Gasteiger partial charge in [0.2, 0.25) is 5.91 Å². The molecule has 8 heteroatoms. The van der Waals surface area contributed by atoms with E-state index in [1.54, 1.807) is 4.57 Å². The molecular weight excluding hydrogens is 322 g/mol. The third kappa shape index (κ3) is 4.70. The van der Waals surface area contributed by atoms with Crippen molar-refractivity contribution in [2.75, 3.05) is 26.2 Å². The molecule has 140 valence electrons. The van der Waals surface area contributed by atoms with Crippen LogP contribution < -0.4 is 16.3 Å². The van der Waals surface area contributed by atoms with Gasteiger partial charge < -0.3 is 15.4 Å². The van der Waals surface area contributed by atoms with E-state index in [0.29, 0.717) is 19.0 Å². The van der Waals surface area contributed by atoms with Gasteiger partial charge >= 0.3 is 5.69 Å². The fourth-order valence-corrected chi connectivity index (χ4v) is 3.63. The zero-order valence-electron chi connectivity index (χ0n) is 15.0. The monoisotopic (exact) mass is 351 g/mol. The van der Waals surface area contributed by atoms with Crippen LogP contribution in [0.4, 0.5) is 0 Å². The Morgan fingerprint density at radius 3 is 2.84 bits per heavy atom. The van der Waals surface area contributed by atoms with E-state index in [9.17, 15) is 9.59 Å². The lowest BCUT2D eigenvalue weighted by atomic mass is 9.94. The van der Waals surface area contributed by atoms with Crippen molar-refractivity contribution in [1.29, 1.82) is 0 Å². The molecule has 1 aromatic rings. The zero-order valence-corrected chi connectivity index (χ0v) is 15.0. The molecule has 0 saturated carbocycles. The molecule has 1 aromatic heterocycles. The average molecular weight is 351 g/mol. The first-order valence-corrected chi connectivity index (χ1v) is 9.43. The van der Waals surface area contributed by atoms with Crippen LogP contribution in [0.15, 0.2) is 4.79 Å². The van der Waals surface area contributed by atoms with Gasteiger partial charge in [0.1, 0.15) is 12.4 Å². The van der Waals surface area contributed by atoms with Gasteiger partial charge in [-0.25, -0.2) is 9.48 Å². The molecule has 3 rings (SSSR count). The first kappa shape index (κ1) is 18.1. The van der Waals surface area contributed by atoms with Crippen LogP contribution in [0.2, 0.25) is 0 Å². The van der Waals surface area contributed by atoms with E-state index in [1.165, 1.54) is 4.68 Å². The molecular formula is C17H29N5O3. The summed E-state index contributed by atoms with van der Waals surface area (Å²) in [5.41, 5.74) is -0.196. The highest BCUT2D eigenvalue weighted by Gasteiger charge is 2.21. The lowest BCUT2D eigenvalue weighted by Crippen LogP contribution is -2.37. The van der Waals surface area contributed by atoms with Gasteiger partial charge in [0.15, 0.2) is 0 Å².